The maximum atomic E-state index is 13.0. The summed E-state index contributed by atoms with van der Waals surface area (Å²) in [4.78, 5) is 12.8. The number of anilines is 1. The van der Waals surface area contributed by atoms with E-state index < -0.39 is 15.9 Å². The van der Waals surface area contributed by atoms with E-state index in [1.807, 2.05) is 0 Å². The summed E-state index contributed by atoms with van der Waals surface area (Å²) in [6.07, 6.45) is 1.63. The molecule has 0 unspecified atom stereocenters. The monoisotopic (exact) mass is 420 g/mol. The molecule has 1 saturated heterocycles. The average Bonchev–Trinajstić information content (AvgIpc) is 3.29. The van der Waals surface area contributed by atoms with Crippen molar-refractivity contribution in [1.82, 2.24) is 4.31 Å². The fraction of sp³-hybridized carbons (Fsp3) is 0.350. The van der Waals surface area contributed by atoms with Crippen molar-refractivity contribution < 1.29 is 27.4 Å². The van der Waals surface area contributed by atoms with Gasteiger partial charge in [0.2, 0.25) is 10.0 Å². The van der Waals surface area contributed by atoms with Gasteiger partial charge in [-0.05, 0) is 43.2 Å². The molecular weight excluding hydrogens is 396 g/mol. The van der Waals surface area contributed by atoms with E-state index >= 15 is 0 Å². The van der Waals surface area contributed by atoms with E-state index in [2.05, 4.69) is 5.32 Å². The largest absolute Gasteiger partial charge is 0.497 e. The van der Waals surface area contributed by atoms with Gasteiger partial charge in [-0.25, -0.2) is 8.42 Å². The molecule has 9 heteroatoms. The van der Waals surface area contributed by atoms with Crippen LogP contribution in [0.3, 0.4) is 0 Å². The van der Waals surface area contributed by atoms with E-state index in [1.54, 1.807) is 18.2 Å². The summed E-state index contributed by atoms with van der Waals surface area (Å²) in [5.74, 6) is 0.732. The molecule has 156 valence electrons. The van der Waals surface area contributed by atoms with E-state index in [0.717, 1.165) is 12.8 Å². The fourth-order valence-electron chi connectivity index (χ4n) is 3.19. The molecule has 0 saturated carbocycles. The molecule has 0 atom stereocenters. The van der Waals surface area contributed by atoms with Gasteiger partial charge in [0.15, 0.2) is 0 Å². The van der Waals surface area contributed by atoms with Crippen LogP contribution in [0.5, 0.6) is 17.2 Å². The van der Waals surface area contributed by atoms with E-state index in [0.29, 0.717) is 30.3 Å². The van der Waals surface area contributed by atoms with Crippen LogP contribution in [0.2, 0.25) is 0 Å². The van der Waals surface area contributed by atoms with E-state index in [4.69, 9.17) is 14.2 Å². The molecule has 1 amide bonds. The second kappa shape index (κ2) is 8.71. The molecule has 1 heterocycles. The number of carbonyl (C=O) groups excluding carboxylic acids is 1. The van der Waals surface area contributed by atoms with Gasteiger partial charge in [-0.2, -0.15) is 4.31 Å². The average molecular weight is 420 g/mol. The zero-order valence-electron chi connectivity index (χ0n) is 16.6. The molecule has 1 aliphatic rings. The number of amides is 1. The molecule has 8 nitrogen and oxygen atoms in total. The Morgan fingerprint density at radius 2 is 1.59 bits per heavy atom. The number of sulfonamides is 1. The summed E-state index contributed by atoms with van der Waals surface area (Å²) in [7, 11) is 0.664. The molecule has 0 bridgehead atoms. The predicted molar refractivity (Wildman–Crippen MR) is 108 cm³/mol. The number of nitrogens with zero attached hydrogens (tertiary/aromatic N) is 1. The van der Waals surface area contributed by atoms with Crippen LogP contribution in [0.1, 0.15) is 23.2 Å². The van der Waals surface area contributed by atoms with Crippen molar-refractivity contribution in [3.8, 4) is 17.2 Å². The molecule has 0 aliphatic carbocycles. The zero-order chi connectivity index (χ0) is 21.0. The lowest BCUT2D eigenvalue weighted by Gasteiger charge is -2.18. The highest BCUT2D eigenvalue weighted by Crippen LogP contribution is 2.32. The fourth-order valence-corrected chi connectivity index (χ4v) is 4.89. The summed E-state index contributed by atoms with van der Waals surface area (Å²) in [6, 6.07) is 9.36. The first-order valence-electron chi connectivity index (χ1n) is 9.12. The Bertz CT molecular complexity index is 1000. The maximum Gasteiger partial charge on any atom is 0.255 e. The molecular formula is C20H24N2O6S. The molecule has 3 rings (SSSR count). The van der Waals surface area contributed by atoms with Crippen molar-refractivity contribution in [2.24, 2.45) is 0 Å². The van der Waals surface area contributed by atoms with Gasteiger partial charge in [0.1, 0.15) is 22.1 Å². The minimum atomic E-state index is -3.75. The first-order chi connectivity index (χ1) is 13.9. The van der Waals surface area contributed by atoms with Crippen molar-refractivity contribution in [1.29, 1.82) is 0 Å². The van der Waals surface area contributed by atoms with E-state index in [1.165, 1.54) is 43.8 Å². The third-order valence-corrected chi connectivity index (χ3v) is 6.68. The first-order valence-corrected chi connectivity index (χ1v) is 10.6. The molecule has 2 aromatic rings. The van der Waals surface area contributed by atoms with Crippen molar-refractivity contribution in [2.75, 3.05) is 39.7 Å². The van der Waals surface area contributed by atoms with Gasteiger partial charge in [0, 0.05) is 24.7 Å². The molecule has 2 aromatic carbocycles. The third kappa shape index (κ3) is 4.30. The summed E-state index contributed by atoms with van der Waals surface area (Å²) >= 11 is 0. The van der Waals surface area contributed by atoms with Crippen LogP contribution in [-0.2, 0) is 10.0 Å². The number of ether oxygens (including phenoxy) is 3. The number of rotatable bonds is 7. The van der Waals surface area contributed by atoms with Crippen LogP contribution < -0.4 is 19.5 Å². The lowest BCUT2D eigenvalue weighted by atomic mass is 10.2. The molecule has 1 aliphatic heterocycles. The van der Waals surface area contributed by atoms with Crippen molar-refractivity contribution in [2.45, 2.75) is 17.7 Å². The first kappa shape index (κ1) is 20.9. The van der Waals surface area contributed by atoms with Crippen molar-refractivity contribution in [3.05, 3.63) is 42.0 Å². The van der Waals surface area contributed by atoms with Gasteiger partial charge in [0.25, 0.3) is 5.91 Å². The molecule has 0 spiro atoms. The highest BCUT2D eigenvalue weighted by Gasteiger charge is 2.30. The van der Waals surface area contributed by atoms with Gasteiger partial charge in [-0.15, -0.1) is 0 Å². The van der Waals surface area contributed by atoms with Gasteiger partial charge < -0.3 is 19.5 Å². The van der Waals surface area contributed by atoms with Gasteiger partial charge >= 0.3 is 0 Å². The Balaban J connectivity index is 1.94. The Morgan fingerprint density at radius 3 is 2.21 bits per heavy atom. The minimum Gasteiger partial charge on any atom is -0.497 e. The topological polar surface area (TPSA) is 94.2 Å². The Kier molecular flexibility index (Phi) is 6.29. The Morgan fingerprint density at radius 1 is 0.931 bits per heavy atom. The molecule has 1 fully saturated rings. The number of hydrogen-bond acceptors (Lipinski definition) is 6. The van der Waals surface area contributed by atoms with Crippen molar-refractivity contribution in [3.63, 3.8) is 0 Å². The Hall–Kier alpha value is -2.78. The van der Waals surface area contributed by atoms with E-state index in [-0.39, 0.29) is 16.2 Å². The SMILES string of the molecule is COc1ccc(OC)c(NC(=O)c2ccc(OC)c(S(=O)(=O)N3CCCC3)c2)c1. The highest BCUT2D eigenvalue weighted by atomic mass is 32.2. The lowest BCUT2D eigenvalue weighted by Crippen LogP contribution is -2.28. The molecule has 1 N–H and O–H groups in total. The van der Waals surface area contributed by atoms with E-state index in [9.17, 15) is 13.2 Å². The molecule has 0 radical (unpaired) electrons. The van der Waals surface area contributed by atoms with Crippen LogP contribution in [0.25, 0.3) is 0 Å². The summed E-state index contributed by atoms with van der Waals surface area (Å²) < 4.78 is 43.1. The van der Waals surface area contributed by atoms with Gasteiger partial charge in [0.05, 0.1) is 27.0 Å². The smallest absolute Gasteiger partial charge is 0.255 e. The quantitative estimate of drug-likeness (QED) is 0.740. The summed E-state index contributed by atoms with van der Waals surface area (Å²) in [6.45, 7) is 0.922. The number of hydrogen-bond donors (Lipinski definition) is 1. The number of methoxy groups -OCH3 is 3. The van der Waals surface area contributed by atoms with Crippen LogP contribution in [0.15, 0.2) is 41.3 Å². The molecule has 29 heavy (non-hydrogen) atoms. The van der Waals surface area contributed by atoms with Crippen LogP contribution >= 0.6 is 0 Å². The lowest BCUT2D eigenvalue weighted by molar-refractivity contribution is 0.102. The second-order valence-electron chi connectivity index (χ2n) is 6.50. The minimum absolute atomic E-state index is 0.0212. The van der Waals surface area contributed by atoms with Gasteiger partial charge in [-0.3, -0.25) is 4.79 Å². The van der Waals surface area contributed by atoms with Crippen LogP contribution in [0, 0.1) is 0 Å². The van der Waals surface area contributed by atoms with Crippen LogP contribution in [0.4, 0.5) is 5.69 Å². The predicted octanol–water partition coefficient (Wildman–Crippen LogP) is 2.75. The third-order valence-electron chi connectivity index (χ3n) is 4.76. The zero-order valence-corrected chi connectivity index (χ0v) is 17.4. The number of benzene rings is 2. The maximum absolute atomic E-state index is 13.0. The molecule has 0 aromatic heterocycles. The van der Waals surface area contributed by atoms with Crippen LogP contribution in [-0.4, -0.2) is 53.0 Å². The summed E-state index contributed by atoms with van der Waals surface area (Å²) in [5.41, 5.74) is 0.602. The number of nitrogens with one attached hydrogen (secondary N) is 1. The van der Waals surface area contributed by atoms with Crippen molar-refractivity contribution >= 4 is 21.6 Å². The summed E-state index contributed by atoms with van der Waals surface area (Å²) in [5, 5.41) is 2.74. The Labute approximate surface area is 170 Å². The normalized spacial score (nSPS) is 14.4. The second-order valence-corrected chi connectivity index (χ2v) is 8.40. The number of carbonyl (C=O) groups is 1. The van der Waals surface area contributed by atoms with Gasteiger partial charge in [-0.1, -0.05) is 0 Å². The highest BCUT2D eigenvalue weighted by molar-refractivity contribution is 7.89. The standard InChI is InChI=1S/C20H24N2O6S/c1-26-15-7-9-17(27-2)16(13-15)21-20(23)14-6-8-18(28-3)19(12-14)29(24,25)22-10-4-5-11-22/h6-9,12-13H,4-5,10-11H2,1-3H3,(H,21,23).